The summed E-state index contributed by atoms with van der Waals surface area (Å²) in [5, 5.41) is 0.967. The van der Waals surface area contributed by atoms with Gasteiger partial charge in [-0.1, -0.05) is 11.8 Å². The molecule has 21 heavy (non-hydrogen) atoms. The number of thiocarbonyl (C=S) groups is 1. The molecule has 1 aromatic rings. The lowest BCUT2D eigenvalue weighted by Gasteiger charge is -2.14. The highest BCUT2D eigenvalue weighted by Crippen LogP contribution is 2.48. The summed E-state index contributed by atoms with van der Waals surface area (Å²) in [7, 11) is 3.53. The Hall–Kier alpha value is -1.73. The van der Waals surface area contributed by atoms with Crippen LogP contribution in [0.4, 0.5) is 5.69 Å². The lowest BCUT2D eigenvalue weighted by molar-refractivity contribution is -0.122. The van der Waals surface area contributed by atoms with E-state index in [1.807, 2.05) is 37.1 Å². The first-order valence-electron chi connectivity index (χ1n) is 6.44. The van der Waals surface area contributed by atoms with Gasteiger partial charge in [0.1, 0.15) is 10.8 Å². The van der Waals surface area contributed by atoms with Crippen LogP contribution in [0.3, 0.4) is 0 Å². The molecular weight excluding hydrogens is 308 g/mol. The lowest BCUT2D eigenvalue weighted by atomic mass is 10.3. The zero-order valence-electron chi connectivity index (χ0n) is 11.9. The minimum atomic E-state index is -0.184. The summed E-state index contributed by atoms with van der Waals surface area (Å²) in [6.07, 6.45) is 0. The van der Waals surface area contributed by atoms with Crippen molar-refractivity contribution in [2.75, 3.05) is 25.6 Å². The van der Waals surface area contributed by atoms with Crippen molar-refractivity contribution in [3.8, 4) is 5.75 Å². The van der Waals surface area contributed by atoms with Gasteiger partial charge in [0.15, 0.2) is 0 Å². The average molecular weight is 322 g/mol. The molecule has 0 N–H and O–H groups in total. The minimum absolute atomic E-state index is 0.184. The fourth-order valence-electron chi connectivity index (χ4n) is 2.25. The molecule has 0 saturated carbocycles. The van der Waals surface area contributed by atoms with Gasteiger partial charge in [0.25, 0.3) is 11.1 Å². The summed E-state index contributed by atoms with van der Waals surface area (Å²) in [6.45, 7) is 2.37. The van der Waals surface area contributed by atoms with E-state index in [-0.39, 0.29) is 11.1 Å². The van der Waals surface area contributed by atoms with Crippen molar-refractivity contribution in [3.63, 3.8) is 0 Å². The van der Waals surface area contributed by atoms with E-state index in [0.717, 1.165) is 21.4 Å². The quantitative estimate of drug-likeness (QED) is 0.616. The average Bonchev–Trinajstić information content (AvgIpc) is 2.96. The van der Waals surface area contributed by atoms with Crippen molar-refractivity contribution in [1.29, 1.82) is 0 Å². The number of thioether (sulfide) groups is 1. The van der Waals surface area contributed by atoms with Crippen LogP contribution < -0.4 is 9.64 Å². The number of nitrogens with zero attached hydrogens (tertiary/aromatic N) is 2. The van der Waals surface area contributed by atoms with E-state index in [0.29, 0.717) is 12.3 Å². The van der Waals surface area contributed by atoms with Crippen molar-refractivity contribution < 1.29 is 14.3 Å². The fraction of sp³-hybridized carbons (Fsp3) is 0.286. The minimum Gasteiger partial charge on any atom is -0.497 e. The van der Waals surface area contributed by atoms with E-state index in [1.165, 1.54) is 16.7 Å². The van der Waals surface area contributed by atoms with Gasteiger partial charge in [0.2, 0.25) is 5.76 Å². The summed E-state index contributed by atoms with van der Waals surface area (Å²) in [4.78, 5) is 16.8. The van der Waals surface area contributed by atoms with Gasteiger partial charge in [0, 0.05) is 24.6 Å². The summed E-state index contributed by atoms with van der Waals surface area (Å²) in [5.41, 5.74) is 0.985. The van der Waals surface area contributed by atoms with Crippen molar-refractivity contribution in [2.45, 2.75) is 11.8 Å². The van der Waals surface area contributed by atoms with Crippen molar-refractivity contribution >= 4 is 40.7 Å². The number of rotatable bonds is 2. The number of ether oxygens (including phenoxy) is 2. The summed E-state index contributed by atoms with van der Waals surface area (Å²) < 4.78 is 10.8. The zero-order valence-corrected chi connectivity index (χ0v) is 13.5. The molecule has 0 radical (unpaired) electrons. The smallest absolute Gasteiger partial charge is 0.299 e. The maximum Gasteiger partial charge on any atom is 0.299 e. The molecule has 1 fully saturated rings. The third-order valence-corrected chi connectivity index (χ3v) is 4.92. The molecule has 0 unspecified atom stereocenters. The third-order valence-electron chi connectivity index (χ3n) is 3.40. The Kier molecular flexibility index (Phi) is 3.54. The molecule has 0 aliphatic carbocycles. The van der Waals surface area contributed by atoms with E-state index in [9.17, 15) is 4.79 Å². The standard InChI is InChI=1S/C14H14N2O3S2/c1-4-16-12(17)11(19-14(16)20)13-15(2)9-7-8(18-3)5-6-10(9)21-13/h5-7H,4H2,1-3H3/b13-11+. The molecule has 0 atom stereocenters. The molecule has 1 amide bonds. The number of hydrogen-bond donors (Lipinski definition) is 0. The maximum absolute atomic E-state index is 12.3. The number of carbonyl (C=O) groups excluding carboxylic acids is 1. The van der Waals surface area contributed by atoms with Gasteiger partial charge < -0.3 is 14.4 Å². The summed E-state index contributed by atoms with van der Waals surface area (Å²) in [5.74, 6) is 0.887. The van der Waals surface area contributed by atoms with Gasteiger partial charge in [0.05, 0.1) is 12.8 Å². The van der Waals surface area contributed by atoms with Crippen LogP contribution in [0.2, 0.25) is 0 Å². The van der Waals surface area contributed by atoms with Crippen LogP contribution in [0, 0.1) is 0 Å². The highest BCUT2D eigenvalue weighted by molar-refractivity contribution is 8.03. The monoisotopic (exact) mass is 322 g/mol. The molecule has 2 aliphatic rings. The van der Waals surface area contributed by atoms with E-state index in [2.05, 4.69) is 0 Å². The van der Waals surface area contributed by atoms with Crippen molar-refractivity contribution in [2.24, 2.45) is 0 Å². The second-order valence-corrected chi connectivity index (χ2v) is 5.93. The lowest BCUT2D eigenvalue weighted by Crippen LogP contribution is -2.28. The molecule has 1 aromatic carbocycles. The van der Waals surface area contributed by atoms with Gasteiger partial charge in [-0.15, -0.1) is 0 Å². The first-order chi connectivity index (χ1) is 10.1. The van der Waals surface area contributed by atoms with Crippen LogP contribution in [0.15, 0.2) is 33.9 Å². The van der Waals surface area contributed by atoms with Gasteiger partial charge in [-0.3, -0.25) is 9.69 Å². The van der Waals surface area contributed by atoms with E-state index in [4.69, 9.17) is 21.7 Å². The highest BCUT2D eigenvalue weighted by Gasteiger charge is 2.38. The Bertz CT molecular complexity index is 672. The van der Waals surface area contributed by atoms with Crippen LogP contribution in [-0.2, 0) is 9.53 Å². The molecule has 3 rings (SSSR count). The number of anilines is 1. The van der Waals surface area contributed by atoms with Crippen molar-refractivity contribution in [3.05, 3.63) is 29.0 Å². The molecule has 110 valence electrons. The number of fused-ring (bicyclic) bond motifs is 1. The zero-order chi connectivity index (χ0) is 15.1. The second-order valence-electron chi connectivity index (χ2n) is 4.55. The number of carbonyl (C=O) groups is 1. The van der Waals surface area contributed by atoms with Crippen LogP contribution in [-0.4, -0.2) is 36.7 Å². The van der Waals surface area contributed by atoms with E-state index < -0.39 is 0 Å². The molecule has 7 heteroatoms. The predicted molar refractivity (Wildman–Crippen MR) is 85.4 cm³/mol. The Morgan fingerprint density at radius 3 is 2.81 bits per heavy atom. The molecule has 0 spiro atoms. The van der Waals surface area contributed by atoms with Crippen LogP contribution >= 0.6 is 24.0 Å². The molecular formula is C14H14N2O3S2. The highest BCUT2D eigenvalue weighted by atomic mass is 32.2. The Balaban J connectivity index is 2.01. The first-order valence-corrected chi connectivity index (χ1v) is 7.66. The van der Waals surface area contributed by atoms with Crippen LogP contribution in [0.5, 0.6) is 5.75 Å². The second kappa shape index (κ2) is 5.23. The Morgan fingerprint density at radius 1 is 1.43 bits per heavy atom. The molecule has 5 nitrogen and oxygen atoms in total. The van der Waals surface area contributed by atoms with Crippen molar-refractivity contribution in [1.82, 2.24) is 4.90 Å². The molecule has 0 aromatic heterocycles. The number of hydrogen-bond acceptors (Lipinski definition) is 6. The topological polar surface area (TPSA) is 42.0 Å². The number of methoxy groups -OCH3 is 1. The van der Waals surface area contributed by atoms with Crippen LogP contribution in [0.25, 0.3) is 0 Å². The normalized spacial score (nSPS) is 20.9. The fourth-order valence-corrected chi connectivity index (χ4v) is 3.65. The SMILES string of the molecule is CCN1C(=O)/C(=C2\Sc3ccc(OC)cc3N2C)OC1=S. The predicted octanol–water partition coefficient (Wildman–Crippen LogP) is 2.57. The summed E-state index contributed by atoms with van der Waals surface area (Å²) >= 11 is 6.59. The van der Waals surface area contributed by atoms with Gasteiger partial charge in [-0.2, -0.15) is 0 Å². The van der Waals surface area contributed by atoms with Gasteiger partial charge in [-0.05, 0) is 31.3 Å². The first kappa shape index (κ1) is 14.2. The Morgan fingerprint density at radius 2 is 2.19 bits per heavy atom. The van der Waals surface area contributed by atoms with Gasteiger partial charge in [-0.25, -0.2) is 0 Å². The van der Waals surface area contributed by atoms with Gasteiger partial charge >= 0.3 is 0 Å². The molecule has 0 bridgehead atoms. The maximum atomic E-state index is 12.3. The molecule has 2 heterocycles. The van der Waals surface area contributed by atoms with Crippen LogP contribution in [0.1, 0.15) is 6.92 Å². The number of benzene rings is 1. The summed E-state index contributed by atoms with van der Waals surface area (Å²) in [6, 6.07) is 5.80. The third kappa shape index (κ3) is 2.16. The number of likely N-dealkylation sites (N-methyl/N-ethyl adjacent to an activating group) is 1. The molecule has 2 aliphatic heterocycles. The van der Waals surface area contributed by atoms with E-state index in [1.54, 1.807) is 7.11 Å². The Labute approximate surface area is 132 Å². The van der Waals surface area contributed by atoms with E-state index >= 15 is 0 Å². The molecule has 1 saturated heterocycles. The number of amides is 1. The largest absolute Gasteiger partial charge is 0.497 e.